The van der Waals surface area contributed by atoms with Crippen molar-refractivity contribution in [3.63, 3.8) is 0 Å². The second kappa shape index (κ2) is 10.6. The van der Waals surface area contributed by atoms with E-state index < -0.39 is 135 Å². The Balaban J connectivity index is 1.52. The van der Waals surface area contributed by atoms with Crippen LogP contribution in [0.4, 0.5) is 0 Å². The van der Waals surface area contributed by atoms with Gasteiger partial charge in [0.1, 0.15) is 35.8 Å². The molecule has 0 bridgehead atoms. The van der Waals surface area contributed by atoms with E-state index in [4.69, 9.17) is 28.4 Å². The van der Waals surface area contributed by atoms with Crippen LogP contribution in [0.3, 0.4) is 0 Å². The number of allylic oxidation sites excluding steroid dienone is 1. The van der Waals surface area contributed by atoms with Gasteiger partial charge in [0.25, 0.3) is 0 Å². The molecule has 0 amide bonds. The lowest BCUT2D eigenvalue weighted by atomic mass is 9.40. The maximum atomic E-state index is 14.9. The predicted octanol–water partition coefficient (Wildman–Crippen LogP) is 1.56. The number of fused-ring (bicyclic) bond motifs is 10. The van der Waals surface area contributed by atoms with Gasteiger partial charge in [0, 0.05) is 62.7 Å². The maximum Gasteiger partial charge on any atom is 0.343 e. The Morgan fingerprint density at radius 1 is 0.840 bits per heavy atom. The standard InChI is InChI=1S/C36H46O14/c1-13-10-21-34(8,35(9,43)31(42)50-21)25-23(13)32(6)20(45-14(2)37)11-18-22(24(32)28(25)47-16(4)39)27(46-15(3)38)29(41)36(44)12-19-26(49-19)30(33(18,36)7)48-17(5)40/h10,13,18-20,22-28,30,43-44H,11-12H2,1-9H3/t13-,18?,19+,20+,22?,23?,24?,25?,26+,27-,28-,30+,32-,33+,34+,35-,36?/m1/s1. The minimum Gasteiger partial charge on any atom is -0.462 e. The van der Waals surface area contributed by atoms with Crippen molar-refractivity contribution >= 4 is 35.6 Å². The Morgan fingerprint density at radius 3 is 2.02 bits per heavy atom. The van der Waals surface area contributed by atoms with Crippen molar-refractivity contribution in [2.75, 3.05) is 0 Å². The van der Waals surface area contributed by atoms with Gasteiger partial charge in [-0.3, -0.25) is 24.0 Å². The summed E-state index contributed by atoms with van der Waals surface area (Å²) in [6.07, 6.45) is -4.30. The van der Waals surface area contributed by atoms with Crippen LogP contribution in [0.5, 0.6) is 0 Å². The molecule has 2 aliphatic heterocycles. The summed E-state index contributed by atoms with van der Waals surface area (Å²) < 4.78 is 35.8. The van der Waals surface area contributed by atoms with Crippen LogP contribution in [0, 0.1) is 51.8 Å². The minimum atomic E-state index is -2.20. The Labute approximate surface area is 289 Å². The van der Waals surface area contributed by atoms with Crippen LogP contribution in [0.15, 0.2) is 11.8 Å². The predicted molar refractivity (Wildman–Crippen MR) is 166 cm³/mol. The quantitative estimate of drug-likeness (QED) is 0.243. The van der Waals surface area contributed by atoms with E-state index in [0.717, 1.165) is 6.92 Å². The smallest absolute Gasteiger partial charge is 0.343 e. The zero-order chi connectivity index (χ0) is 36.8. The summed E-state index contributed by atoms with van der Waals surface area (Å²) in [6.45, 7) is 13.4. The lowest BCUT2D eigenvalue weighted by Gasteiger charge is -2.65. The van der Waals surface area contributed by atoms with E-state index in [-0.39, 0.29) is 18.6 Å². The number of aliphatic hydroxyl groups is 2. The number of hydrogen-bond donors (Lipinski definition) is 2. The molecule has 6 unspecified atom stereocenters. The highest BCUT2D eigenvalue weighted by atomic mass is 16.6. The van der Waals surface area contributed by atoms with E-state index in [1.165, 1.54) is 27.7 Å². The minimum absolute atomic E-state index is 0.0398. The molecule has 2 heterocycles. The largest absolute Gasteiger partial charge is 0.462 e. The number of carbonyl (C=O) groups is 6. The summed E-state index contributed by atoms with van der Waals surface area (Å²) >= 11 is 0. The third-order valence-electron chi connectivity index (χ3n) is 14.2. The number of ether oxygens (including phenoxy) is 6. The third kappa shape index (κ3) is 4.12. The lowest BCUT2D eigenvalue weighted by Crippen LogP contribution is -2.77. The van der Waals surface area contributed by atoms with Gasteiger partial charge >= 0.3 is 29.8 Å². The van der Waals surface area contributed by atoms with Crippen molar-refractivity contribution in [3.8, 4) is 0 Å². The molecular formula is C36H46O14. The molecule has 2 saturated heterocycles. The summed E-state index contributed by atoms with van der Waals surface area (Å²) in [5, 5.41) is 24.5. The number of rotatable bonds is 4. The van der Waals surface area contributed by atoms with Crippen molar-refractivity contribution in [2.45, 2.75) is 123 Å². The Bertz CT molecular complexity index is 1630. The van der Waals surface area contributed by atoms with Gasteiger partial charge < -0.3 is 38.6 Å². The zero-order valence-corrected chi connectivity index (χ0v) is 29.7. The normalized spacial score (nSPS) is 52.3. The summed E-state index contributed by atoms with van der Waals surface area (Å²) in [5.41, 5.74) is -8.42. The maximum absolute atomic E-state index is 14.9. The van der Waals surface area contributed by atoms with Crippen molar-refractivity contribution < 1.29 is 67.4 Å². The Kier molecular flexibility index (Phi) is 7.43. The summed E-state index contributed by atoms with van der Waals surface area (Å²) in [4.78, 5) is 79.6. The van der Waals surface area contributed by atoms with E-state index in [9.17, 15) is 39.0 Å². The number of carbonyl (C=O) groups excluding carboxylic acids is 6. The highest BCUT2D eigenvalue weighted by Gasteiger charge is 2.84. The highest BCUT2D eigenvalue weighted by molar-refractivity contribution is 5.95. The van der Waals surface area contributed by atoms with Gasteiger partial charge in [-0.05, 0) is 44.1 Å². The molecule has 7 aliphatic rings. The molecule has 0 aromatic heterocycles. The van der Waals surface area contributed by atoms with Crippen LogP contribution in [0.25, 0.3) is 0 Å². The van der Waals surface area contributed by atoms with Crippen LogP contribution < -0.4 is 0 Å². The molecule has 4 saturated carbocycles. The van der Waals surface area contributed by atoms with E-state index >= 15 is 0 Å². The molecule has 0 radical (unpaired) electrons. The van der Waals surface area contributed by atoms with Gasteiger partial charge in [0.05, 0.1) is 11.5 Å². The molecule has 7 rings (SSSR count). The van der Waals surface area contributed by atoms with Crippen LogP contribution in [-0.4, -0.2) is 93.7 Å². The molecule has 14 nitrogen and oxygen atoms in total. The molecule has 0 aromatic carbocycles. The fraction of sp³-hybridized carbons (Fsp3) is 0.778. The van der Waals surface area contributed by atoms with Crippen LogP contribution >= 0.6 is 0 Å². The van der Waals surface area contributed by atoms with Gasteiger partial charge in [-0.25, -0.2) is 4.79 Å². The van der Waals surface area contributed by atoms with Gasteiger partial charge in [-0.1, -0.05) is 20.8 Å². The summed E-state index contributed by atoms with van der Waals surface area (Å²) in [6, 6.07) is 0. The third-order valence-corrected chi connectivity index (χ3v) is 14.2. The average Bonchev–Trinajstić information content (AvgIpc) is 3.66. The molecule has 17 atom stereocenters. The molecular weight excluding hydrogens is 656 g/mol. The van der Waals surface area contributed by atoms with E-state index in [2.05, 4.69) is 0 Å². The Morgan fingerprint density at radius 2 is 1.44 bits per heavy atom. The number of Topliss-reactive ketones (excluding diaryl/α,β-unsaturated/α-hetero) is 1. The number of hydrogen-bond acceptors (Lipinski definition) is 14. The van der Waals surface area contributed by atoms with Crippen LogP contribution in [0.1, 0.15) is 75.2 Å². The van der Waals surface area contributed by atoms with E-state index in [1.54, 1.807) is 19.9 Å². The second-order valence-corrected chi connectivity index (χ2v) is 16.5. The van der Waals surface area contributed by atoms with Crippen molar-refractivity contribution in [3.05, 3.63) is 11.8 Å². The van der Waals surface area contributed by atoms with Crippen molar-refractivity contribution in [1.82, 2.24) is 0 Å². The first-order chi connectivity index (χ1) is 23.1. The molecule has 5 aliphatic carbocycles. The van der Waals surface area contributed by atoms with Gasteiger partial charge in [-0.2, -0.15) is 0 Å². The molecule has 274 valence electrons. The molecule has 14 heteroatoms. The molecule has 50 heavy (non-hydrogen) atoms. The molecule has 2 N–H and O–H groups in total. The highest BCUT2D eigenvalue weighted by Crippen LogP contribution is 2.76. The van der Waals surface area contributed by atoms with Crippen molar-refractivity contribution in [1.29, 1.82) is 0 Å². The van der Waals surface area contributed by atoms with Gasteiger partial charge in [0.15, 0.2) is 11.7 Å². The van der Waals surface area contributed by atoms with Gasteiger partial charge in [-0.15, -0.1) is 0 Å². The first kappa shape index (κ1) is 35.1. The van der Waals surface area contributed by atoms with Gasteiger partial charge in [0.2, 0.25) is 5.78 Å². The zero-order valence-electron chi connectivity index (χ0n) is 29.7. The first-order valence-electron chi connectivity index (χ1n) is 17.4. The number of esters is 5. The fourth-order valence-electron chi connectivity index (χ4n) is 12.1. The van der Waals surface area contributed by atoms with Crippen molar-refractivity contribution in [2.24, 2.45) is 51.8 Å². The lowest BCUT2D eigenvalue weighted by molar-refractivity contribution is -0.269. The van der Waals surface area contributed by atoms with Crippen LogP contribution in [-0.2, 0) is 57.2 Å². The number of epoxide rings is 1. The Hall–Kier alpha value is -3.36. The summed E-state index contributed by atoms with van der Waals surface area (Å²) in [7, 11) is 0. The second-order valence-electron chi connectivity index (χ2n) is 16.5. The monoisotopic (exact) mass is 702 g/mol. The molecule has 6 fully saturated rings. The first-order valence-corrected chi connectivity index (χ1v) is 17.4. The van der Waals surface area contributed by atoms with E-state index in [1.807, 2.05) is 13.8 Å². The SMILES string of the molecule is CC(=O)O[C@@H]1C2C3C(C[C@H](OC(C)=O)[C@]2(C)C2C1[C@]1(C)C(=C[C@H]2C)OC(=O)[C@@]1(C)O)[C@@]1(C)[C@@H](OC(C)=O)[C@H]2O[C@H]2CC1(O)C(=O)[C@@H]3OC(C)=O. The van der Waals surface area contributed by atoms with Crippen LogP contribution in [0.2, 0.25) is 0 Å². The molecule has 0 aromatic rings. The number of ketones is 1. The molecule has 0 spiro atoms. The summed E-state index contributed by atoms with van der Waals surface area (Å²) in [5.74, 6) is -8.70. The fourth-order valence-corrected chi connectivity index (χ4v) is 12.1. The van der Waals surface area contributed by atoms with E-state index in [0.29, 0.717) is 0 Å². The topological polar surface area (TPSA) is 202 Å². The average molecular weight is 703 g/mol.